The van der Waals surface area contributed by atoms with E-state index in [4.69, 9.17) is 18.9 Å². The van der Waals surface area contributed by atoms with Gasteiger partial charge < -0.3 is 18.9 Å². The molecule has 2 atom stereocenters. The zero-order valence-corrected chi connectivity index (χ0v) is 27.1. The first-order valence-corrected chi connectivity index (χ1v) is 16.8. The number of benzene rings is 6. The number of hydrogen-bond acceptors (Lipinski definition) is 4. The minimum atomic E-state index is -1.10. The molecule has 0 amide bonds. The molecule has 6 aromatic carbocycles. The van der Waals surface area contributed by atoms with Crippen molar-refractivity contribution in [1.82, 2.24) is 0 Å². The van der Waals surface area contributed by atoms with Crippen LogP contribution in [0, 0.1) is 13.8 Å². The van der Waals surface area contributed by atoms with E-state index >= 15 is 0 Å². The summed E-state index contributed by atoms with van der Waals surface area (Å²) in [6, 6.07) is 44.7. The summed E-state index contributed by atoms with van der Waals surface area (Å²) in [7, 11) is 0. The quantitative estimate of drug-likeness (QED) is 0.192. The van der Waals surface area contributed by atoms with Gasteiger partial charge in [-0.15, -0.1) is 0 Å². The third kappa shape index (κ3) is 5.08. The molecule has 2 aliphatic heterocycles. The fourth-order valence-corrected chi connectivity index (χ4v) is 7.80. The molecule has 236 valence electrons. The standard InChI is InChI=1S/C43H40O4/c1-30-24-25-32-15-9-10-20-35(32)40(30)43(34-18-7-4-8-19-34)46-26-13-23-39(47-43)38-29-31(2)41(37-22-12-11-21-36(37)38)42(44-27-14-28-45-42)33-16-5-3-6-17-33/h3-12,15-22,24-25,29,39H,13-14,23,26-28H2,1-2H3. The van der Waals surface area contributed by atoms with Crippen LogP contribution in [0.5, 0.6) is 0 Å². The lowest BCUT2D eigenvalue weighted by Gasteiger charge is -2.40. The predicted molar refractivity (Wildman–Crippen MR) is 187 cm³/mol. The van der Waals surface area contributed by atoms with Gasteiger partial charge in [-0.1, -0.05) is 127 Å². The van der Waals surface area contributed by atoms with E-state index in [1.807, 2.05) is 6.07 Å². The van der Waals surface area contributed by atoms with E-state index in [-0.39, 0.29) is 6.10 Å². The zero-order chi connectivity index (χ0) is 31.8. The molecule has 0 bridgehead atoms. The molecule has 2 fully saturated rings. The Kier molecular flexibility index (Phi) is 7.90. The largest absolute Gasteiger partial charge is 0.342 e. The van der Waals surface area contributed by atoms with E-state index in [1.54, 1.807) is 0 Å². The fraction of sp³-hybridized carbons (Fsp3) is 0.256. The molecule has 0 radical (unpaired) electrons. The summed E-state index contributed by atoms with van der Waals surface area (Å²) < 4.78 is 27.8. The Balaban J connectivity index is 1.34. The smallest absolute Gasteiger partial charge is 0.223 e. The van der Waals surface area contributed by atoms with Crippen LogP contribution in [-0.4, -0.2) is 19.8 Å². The molecule has 8 rings (SSSR count). The molecule has 6 aromatic rings. The summed E-state index contributed by atoms with van der Waals surface area (Å²) in [5.41, 5.74) is 7.55. The highest BCUT2D eigenvalue weighted by atomic mass is 16.7. The van der Waals surface area contributed by atoms with Crippen molar-refractivity contribution in [2.75, 3.05) is 19.8 Å². The van der Waals surface area contributed by atoms with Gasteiger partial charge >= 0.3 is 0 Å². The minimum absolute atomic E-state index is 0.227. The molecule has 0 spiro atoms. The van der Waals surface area contributed by atoms with E-state index in [9.17, 15) is 0 Å². The molecule has 0 saturated carbocycles. The lowest BCUT2D eigenvalue weighted by Crippen LogP contribution is -2.40. The van der Waals surface area contributed by atoms with E-state index in [2.05, 4.69) is 135 Å². The van der Waals surface area contributed by atoms with Gasteiger partial charge in [-0.2, -0.15) is 0 Å². The van der Waals surface area contributed by atoms with Crippen LogP contribution in [0.25, 0.3) is 21.5 Å². The van der Waals surface area contributed by atoms with Crippen molar-refractivity contribution < 1.29 is 18.9 Å². The maximum absolute atomic E-state index is 7.52. The van der Waals surface area contributed by atoms with Gasteiger partial charge in [0.1, 0.15) is 0 Å². The highest BCUT2D eigenvalue weighted by Crippen LogP contribution is 2.50. The van der Waals surface area contributed by atoms with Crippen LogP contribution in [0.2, 0.25) is 0 Å². The van der Waals surface area contributed by atoms with Gasteiger partial charge in [-0.05, 0) is 71.3 Å². The molecular formula is C43H40O4. The predicted octanol–water partition coefficient (Wildman–Crippen LogP) is 10.0. The molecule has 2 aliphatic rings. The number of fused-ring (bicyclic) bond motifs is 2. The Labute approximate surface area is 276 Å². The lowest BCUT2D eigenvalue weighted by molar-refractivity contribution is -0.248. The molecule has 2 unspecified atom stereocenters. The van der Waals surface area contributed by atoms with Crippen LogP contribution in [0.3, 0.4) is 0 Å². The van der Waals surface area contributed by atoms with Gasteiger partial charge in [0, 0.05) is 22.3 Å². The van der Waals surface area contributed by atoms with Crippen LogP contribution in [-0.2, 0) is 30.5 Å². The molecule has 4 nitrogen and oxygen atoms in total. The van der Waals surface area contributed by atoms with Crippen molar-refractivity contribution >= 4 is 21.5 Å². The normalized spacial score (nSPS) is 21.4. The Hall–Kier alpha value is -4.32. The summed E-state index contributed by atoms with van der Waals surface area (Å²) in [6.07, 6.45) is 2.35. The Bertz CT molecular complexity index is 2030. The maximum atomic E-state index is 7.52. The van der Waals surface area contributed by atoms with Crippen LogP contribution in [0.1, 0.15) is 64.3 Å². The number of ether oxygens (including phenoxy) is 4. The second-order valence-corrected chi connectivity index (χ2v) is 12.8. The van der Waals surface area contributed by atoms with Crippen molar-refractivity contribution in [3.8, 4) is 0 Å². The van der Waals surface area contributed by atoms with Crippen LogP contribution in [0.4, 0.5) is 0 Å². The van der Waals surface area contributed by atoms with Gasteiger partial charge in [0.25, 0.3) is 0 Å². The highest BCUT2D eigenvalue weighted by molar-refractivity contribution is 5.91. The highest BCUT2D eigenvalue weighted by Gasteiger charge is 2.45. The number of hydrogen-bond donors (Lipinski definition) is 0. The Morgan fingerprint density at radius 1 is 0.511 bits per heavy atom. The first kappa shape index (κ1) is 30.0. The van der Waals surface area contributed by atoms with Crippen LogP contribution >= 0.6 is 0 Å². The third-order valence-electron chi connectivity index (χ3n) is 9.85. The summed E-state index contributed by atoms with van der Waals surface area (Å²) >= 11 is 0. The van der Waals surface area contributed by atoms with Gasteiger partial charge in [-0.25, -0.2) is 0 Å². The average molecular weight is 621 g/mol. The fourth-order valence-electron chi connectivity index (χ4n) is 7.80. The van der Waals surface area contributed by atoms with E-state index < -0.39 is 11.6 Å². The molecule has 0 aliphatic carbocycles. The van der Waals surface area contributed by atoms with Gasteiger partial charge in [0.15, 0.2) is 0 Å². The maximum Gasteiger partial charge on any atom is 0.223 e. The molecule has 0 N–H and O–H groups in total. The first-order chi connectivity index (χ1) is 23.1. The SMILES string of the molecule is Cc1ccc2ccccc2c1C1(c2ccccc2)OCCCC(c2cc(C)c(C3(c4ccccc4)OCCCO3)c3ccccc23)O1. The topological polar surface area (TPSA) is 36.9 Å². The van der Waals surface area contributed by atoms with Crippen molar-refractivity contribution in [3.63, 3.8) is 0 Å². The van der Waals surface area contributed by atoms with Crippen molar-refractivity contribution in [1.29, 1.82) is 0 Å². The summed E-state index contributed by atoms with van der Waals surface area (Å²) in [4.78, 5) is 0. The Morgan fingerprint density at radius 3 is 1.79 bits per heavy atom. The monoisotopic (exact) mass is 620 g/mol. The molecule has 0 aromatic heterocycles. The van der Waals surface area contributed by atoms with Crippen molar-refractivity contribution in [2.24, 2.45) is 0 Å². The number of aryl methyl sites for hydroxylation is 2. The minimum Gasteiger partial charge on any atom is -0.342 e. The second kappa shape index (κ2) is 12.4. The van der Waals surface area contributed by atoms with Gasteiger partial charge in [0.05, 0.1) is 25.9 Å². The van der Waals surface area contributed by atoms with Crippen molar-refractivity contribution in [3.05, 3.63) is 166 Å². The molecule has 4 heteroatoms. The van der Waals surface area contributed by atoms with E-state index in [1.165, 1.54) is 5.39 Å². The second-order valence-electron chi connectivity index (χ2n) is 12.8. The lowest BCUT2D eigenvalue weighted by atomic mass is 9.84. The summed E-state index contributed by atoms with van der Waals surface area (Å²) in [6.45, 7) is 6.21. The molecular weight excluding hydrogens is 580 g/mol. The van der Waals surface area contributed by atoms with Gasteiger partial charge in [-0.3, -0.25) is 0 Å². The molecule has 2 heterocycles. The average Bonchev–Trinajstić information content (AvgIpc) is 3.36. The van der Waals surface area contributed by atoms with Crippen LogP contribution < -0.4 is 0 Å². The summed E-state index contributed by atoms with van der Waals surface area (Å²) in [5.74, 6) is -2.08. The van der Waals surface area contributed by atoms with E-state index in [0.717, 1.165) is 74.4 Å². The zero-order valence-electron chi connectivity index (χ0n) is 27.1. The van der Waals surface area contributed by atoms with Crippen molar-refractivity contribution in [2.45, 2.75) is 50.8 Å². The Morgan fingerprint density at radius 2 is 1.06 bits per heavy atom. The first-order valence-electron chi connectivity index (χ1n) is 16.8. The third-order valence-corrected chi connectivity index (χ3v) is 9.85. The molecule has 2 saturated heterocycles. The molecule has 47 heavy (non-hydrogen) atoms. The summed E-state index contributed by atoms with van der Waals surface area (Å²) in [5, 5.41) is 4.57. The van der Waals surface area contributed by atoms with Gasteiger partial charge in [0.2, 0.25) is 11.6 Å². The van der Waals surface area contributed by atoms with E-state index in [0.29, 0.717) is 19.8 Å². The van der Waals surface area contributed by atoms with Crippen LogP contribution in [0.15, 0.2) is 127 Å². The number of rotatable bonds is 5.